The Balaban J connectivity index is 1.56. The van der Waals surface area contributed by atoms with Gasteiger partial charge in [-0.25, -0.2) is 18.9 Å². The lowest BCUT2D eigenvalue weighted by atomic mass is 10.1. The highest BCUT2D eigenvalue weighted by atomic mass is 35.5. The quantitative estimate of drug-likeness (QED) is 0.558. The lowest BCUT2D eigenvalue weighted by Gasteiger charge is -2.11. The number of rotatable bonds is 4. The molecule has 4 rings (SSSR count). The van der Waals surface area contributed by atoms with Gasteiger partial charge in [-0.1, -0.05) is 11.6 Å². The molecule has 0 fully saturated rings. The summed E-state index contributed by atoms with van der Waals surface area (Å²) in [6.45, 7) is 3.88. The molecule has 1 N–H and O–H groups in total. The molecule has 0 atom stereocenters. The van der Waals surface area contributed by atoms with E-state index in [1.807, 2.05) is 26.0 Å². The maximum atomic E-state index is 13.2. The van der Waals surface area contributed by atoms with Crippen LogP contribution in [0.5, 0.6) is 0 Å². The smallest absolute Gasteiger partial charge is 0.224 e. The van der Waals surface area contributed by atoms with Crippen LogP contribution in [0.3, 0.4) is 0 Å². The van der Waals surface area contributed by atoms with Crippen molar-refractivity contribution in [2.24, 2.45) is 0 Å². The van der Waals surface area contributed by atoms with Crippen molar-refractivity contribution in [2.75, 3.05) is 5.32 Å². The number of carbonyl (C=O) groups is 1. The fraction of sp³-hybridized carbons (Fsp3) is 0.200. The zero-order valence-electron chi connectivity index (χ0n) is 15.3. The van der Waals surface area contributed by atoms with Crippen molar-refractivity contribution in [1.82, 2.24) is 19.6 Å². The molecule has 8 heteroatoms. The standard InChI is InChI=1S/C20H17ClFN5O/c1-11-14(6-8-18(28)25-13-5-7-17(22)16(21)10-13)12(2)27-20(24-11)15-4-3-9-23-19(15)26-27/h3-5,7,9-10H,6,8H2,1-2H3,(H,25,28). The molecule has 0 aliphatic carbocycles. The number of amides is 1. The number of hydrogen-bond acceptors (Lipinski definition) is 4. The second-order valence-corrected chi connectivity index (χ2v) is 6.96. The zero-order valence-corrected chi connectivity index (χ0v) is 16.1. The van der Waals surface area contributed by atoms with Gasteiger partial charge in [0, 0.05) is 29.7 Å². The van der Waals surface area contributed by atoms with Gasteiger partial charge in [-0.2, -0.15) is 0 Å². The molecule has 1 aromatic carbocycles. The van der Waals surface area contributed by atoms with Gasteiger partial charge in [0.2, 0.25) is 5.91 Å². The molecule has 0 aliphatic heterocycles. The Kier molecular flexibility index (Phi) is 4.68. The van der Waals surface area contributed by atoms with Crippen molar-refractivity contribution in [3.63, 3.8) is 0 Å². The molecule has 0 radical (unpaired) electrons. The molecule has 142 valence electrons. The first-order valence-corrected chi connectivity index (χ1v) is 9.16. The number of hydrogen-bond donors (Lipinski definition) is 1. The molecule has 0 bridgehead atoms. The van der Waals surface area contributed by atoms with E-state index in [1.54, 1.807) is 10.7 Å². The summed E-state index contributed by atoms with van der Waals surface area (Å²) < 4.78 is 15.0. The van der Waals surface area contributed by atoms with E-state index in [1.165, 1.54) is 18.2 Å². The van der Waals surface area contributed by atoms with Crippen LogP contribution in [0.25, 0.3) is 16.7 Å². The van der Waals surface area contributed by atoms with Gasteiger partial charge in [-0.15, -0.1) is 5.10 Å². The Bertz CT molecular complexity index is 1220. The molecular weight excluding hydrogens is 381 g/mol. The molecule has 3 heterocycles. The van der Waals surface area contributed by atoms with Crippen LogP contribution in [0.15, 0.2) is 36.5 Å². The predicted molar refractivity (Wildman–Crippen MR) is 106 cm³/mol. The van der Waals surface area contributed by atoms with Gasteiger partial charge in [-0.05, 0) is 56.2 Å². The van der Waals surface area contributed by atoms with Gasteiger partial charge in [0.15, 0.2) is 11.3 Å². The minimum atomic E-state index is -0.522. The first kappa shape index (κ1) is 18.3. The second kappa shape index (κ2) is 7.16. The Hall–Kier alpha value is -3.06. The van der Waals surface area contributed by atoms with Crippen molar-refractivity contribution in [3.05, 3.63) is 64.3 Å². The summed E-state index contributed by atoms with van der Waals surface area (Å²) in [6.07, 6.45) is 2.46. The van der Waals surface area contributed by atoms with Crippen molar-refractivity contribution < 1.29 is 9.18 Å². The van der Waals surface area contributed by atoms with E-state index >= 15 is 0 Å². The van der Waals surface area contributed by atoms with E-state index < -0.39 is 5.82 Å². The fourth-order valence-electron chi connectivity index (χ4n) is 3.26. The summed E-state index contributed by atoms with van der Waals surface area (Å²) in [5.74, 6) is -0.708. The van der Waals surface area contributed by atoms with Crippen LogP contribution in [-0.4, -0.2) is 25.5 Å². The number of anilines is 1. The number of aromatic nitrogens is 4. The largest absolute Gasteiger partial charge is 0.326 e. The molecule has 0 spiro atoms. The number of carbonyl (C=O) groups excluding carboxylic acids is 1. The molecule has 4 aromatic rings. The minimum Gasteiger partial charge on any atom is -0.326 e. The third-order valence-electron chi connectivity index (χ3n) is 4.69. The van der Waals surface area contributed by atoms with Crippen molar-refractivity contribution in [1.29, 1.82) is 0 Å². The molecule has 0 unspecified atom stereocenters. The van der Waals surface area contributed by atoms with E-state index in [0.717, 1.165) is 28.0 Å². The molecule has 0 saturated carbocycles. The van der Waals surface area contributed by atoms with Crippen molar-refractivity contribution >= 4 is 39.9 Å². The highest BCUT2D eigenvalue weighted by molar-refractivity contribution is 6.31. The number of pyridine rings is 1. The van der Waals surface area contributed by atoms with Crippen LogP contribution in [0.1, 0.15) is 23.4 Å². The van der Waals surface area contributed by atoms with Crippen molar-refractivity contribution in [2.45, 2.75) is 26.7 Å². The van der Waals surface area contributed by atoms with Crippen LogP contribution < -0.4 is 5.32 Å². The second-order valence-electron chi connectivity index (χ2n) is 6.55. The number of nitrogens with zero attached hydrogens (tertiary/aromatic N) is 4. The highest BCUT2D eigenvalue weighted by Crippen LogP contribution is 2.23. The average molecular weight is 398 g/mol. The highest BCUT2D eigenvalue weighted by Gasteiger charge is 2.15. The SMILES string of the molecule is Cc1nc2c3cccnc3nn2c(C)c1CCC(=O)Nc1ccc(F)c(Cl)c1. The predicted octanol–water partition coefficient (Wildman–Crippen LogP) is 4.26. The van der Waals surface area contributed by atoms with Crippen molar-refractivity contribution in [3.8, 4) is 0 Å². The number of nitrogens with one attached hydrogen (secondary N) is 1. The van der Waals surface area contributed by atoms with Gasteiger partial charge in [0.05, 0.1) is 10.4 Å². The van der Waals surface area contributed by atoms with Gasteiger partial charge in [-0.3, -0.25) is 4.79 Å². The van der Waals surface area contributed by atoms with E-state index in [0.29, 0.717) is 17.8 Å². The summed E-state index contributed by atoms with van der Waals surface area (Å²) in [6, 6.07) is 7.89. The van der Waals surface area contributed by atoms with Crippen LogP contribution in [0, 0.1) is 19.7 Å². The van der Waals surface area contributed by atoms with Gasteiger partial charge in [0.1, 0.15) is 5.82 Å². The third-order valence-corrected chi connectivity index (χ3v) is 4.98. The Labute approximate surface area is 165 Å². The number of benzene rings is 1. The maximum absolute atomic E-state index is 13.2. The van der Waals surface area contributed by atoms with Gasteiger partial charge in [0.25, 0.3) is 0 Å². The summed E-state index contributed by atoms with van der Waals surface area (Å²) in [5.41, 5.74) is 4.61. The molecule has 0 saturated heterocycles. The van der Waals surface area contributed by atoms with E-state index in [4.69, 9.17) is 11.6 Å². The topological polar surface area (TPSA) is 72.2 Å². The van der Waals surface area contributed by atoms with E-state index in [9.17, 15) is 9.18 Å². The summed E-state index contributed by atoms with van der Waals surface area (Å²) in [5, 5.41) is 8.12. The first-order chi connectivity index (χ1) is 13.4. The molecular formula is C20H17ClFN5O. The van der Waals surface area contributed by atoms with Crippen LogP contribution in [-0.2, 0) is 11.2 Å². The maximum Gasteiger partial charge on any atom is 0.224 e. The molecule has 6 nitrogen and oxygen atoms in total. The minimum absolute atomic E-state index is 0.0292. The van der Waals surface area contributed by atoms with Crippen LogP contribution in [0.4, 0.5) is 10.1 Å². The van der Waals surface area contributed by atoms with E-state index in [2.05, 4.69) is 20.4 Å². The summed E-state index contributed by atoms with van der Waals surface area (Å²) >= 11 is 5.75. The van der Waals surface area contributed by atoms with E-state index in [-0.39, 0.29) is 17.4 Å². The monoisotopic (exact) mass is 397 g/mol. The lowest BCUT2D eigenvalue weighted by molar-refractivity contribution is -0.116. The van der Waals surface area contributed by atoms with Crippen LogP contribution in [0.2, 0.25) is 5.02 Å². The molecule has 3 aromatic heterocycles. The molecule has 1 amide bonds. The van der Waals surface area contributed by atoms with Crippen LogP contribution >= 0.6 is 11.6 Å². The number of halogens is 2. The third kappa shape index (κ3) is 3.29. The average Bonchev–Trinajstić information content (AvgIpc) is 3.03. The zero-order chi connectivity index (χ0) is 19.8. The number of fused-ring (bicyclic) bond motifs is 3. The fourth-order valence-corrected chi connectivity index (χ4v) is 3.44. The normalized spacial score (nSPS) is 11.3. The van der Waals surface area contributed by atoms with Gasteiger partial charge < -0.3 is 5.32 Å². The summed E-state index contributed by atoms with van der Waals surface area (Å²) in [7, 11) is 0. The Morgan fingerprint density at radius 3 is 2.89 bits per heavy atom. The number of aryl methyl sites for hydroxylation is 2. The Morgan fingerprint density at radius 2 is 2.11 bits per heavy atom. The molecule has 0 aliphatic rings. The lowest BCUT2D eigenvalue weighted by Crippen LogP contribution is -2.14. The molecule has 28 heavy (non-hydrogen) atoms. The Morgan fingerprint density at radius 1 is 1.29 bits per heavy atom. The first-order valence-electron chi connectivity index (χ1n) is 8.78. The van der Waals surface area contributed by atoms with Gasteiger partial charge >= 0.3 is 0 Å². The summed E-state index contributed by atoms with van der Waals surface area (Å²) in [4.78, 5) is 21.3.